The lowest BCUT2D eigenvalue weighted by atomic mass is 10.0. The van der Waals surface area contributed by atoms with Crippen LogP contribution in [-0.4, -0.2) is 37.5 Å². The number of carbonyl (C=O) groups excluding carboxylic acids is 3. The highest BCUT2D eigenvalue weighted by Gasteiger charge is 2.23. The van der Waals surface area contributed by atoms with Gasteiger partial charge in [-0.2, -0.15) is 0 Å². The van der Waals surface area contributed by atoms with Gasteiger partial charge in [0.2, 0.25) is 0 Å². The Kier molecular flexibility index (Phi) is 7.05. The molecular weight excluding hydrogens is 300 g/mol. The number of esters is 1. The second-order valence-electron chi connectivity index (χ2n) is 5.42. The topological polar surface area (TPSA) is 108 Å². The molecule has 0 radical (unpaired) electrons. The number of nitrogens with two attached hydrogens (primary N) is 1. The Morgan fingerprint density at radius 1 is 1.22 bits per heavy atom. The number of carbonyl (C=O) groups is 3. The van der Waals surface area contributed by atoms with Crippen LogP contribution in [-0.2, 0) is 14.3 Å². The van der Waals surface area contributed by atoms with Crippen LogP contribution in [0.25, 0.3) is 0 Å². The van der Waals surface area contributed by atoms with Gasteiger partial charge in [0.15, 0.2) is 6.61 Å². The summed E-state index contributed by atoms with van der Waals surface area (Å²) >= 11 is 0. The normalized spacial score (nSPS) is 11.7. The summed E-state index contributed by atoms with van der Waals surface area (Å²) in [7, 11) is 1.27. The zero-order chi connectivity index (χ0) is 17.4. The van der Waals surface area contributed by atoms with Crippen LogP contribution < -0.4 is 15.8 Å². The summed E-state index contributed by atoms with van der Waals surface area (Å²) in [6, 6.07) is 5.62. The molecule has 2 amide bonds. The van der Waals surface area contributed by atoms with Crippen molar-refractivity contribution in [2.24, 2.45) is 11.7 Å². The smallest absolute Gasteiger partial charge is 0.328 e. The zero-order valence-corrected chi connectivity index (χ0v) is 13.5. The van der Waals surface area contributed by atoms with Crippen molar-refractivity contribution in [1.29, 1.82) is 0 Å². The monoisotopic (exact) mass is 322 g/mol. The molecule has 0 aromatic heterocycles. The van der Waals surface area contributed by atoms with Crippen LogP contribution in [0.3, 0.4) is 0 Å². The average molecular weight is 322 g/mol. The molecule has 7 heteroatoms. The molecule has 0 spiro atoms. The molecular formula is C16H22N2O5. The second kappa shape index (κ2) is 8.77. The zero-order valence-electron chi connectivity index (χ0n) is 13.5. The lowest BCUT2D eigenvalue weighted by Gasteiger charge is -2.18. The van der Waals surface area contributed by atoms with Gasteiger partial charge in [-0.25, -0.2) is 4.79 Å². The van der Waals surface area contributed by atoms with Crippen LogP contribution in [0.4, 0.5) is 0 Å². The predicted molar refractivity (Wildman–Crippen MR) is 83.9 cm³/mol. The van der Waals surface area contributed by atoms with Gasteiger partial charge in [0.25, 0.3) is 11.8 Å². The van der Waals surface area contributed by atoms with E-state index in [1.54, 1.807) is 18.2 Å². The molecule has 3 N–H and O–H groups in total. The van der Waals surface area contributed by atoms with Crippen molar-refractivity contribution < 1.29 is 23.9 Å². The third-order valence-electron chi connectivity index (χ3n) is 3.04. The number of rotatable bonds is 8. The first-order valence-corrected chi connectivity index (χ1v) is 7.24. The number of para-hydroxylation sites is 1. The van der Waals surface area contributed by atoms with Crippen LogP contribution in [0.2, 0.25) is 0 Å². The number of hydrogen-bond acceptors (Lipinski definition) is 5. The Balaban J connectivity index is 2.65. The van der Waals surface area contributed by atoms with Crippen molar-refractivity contribution in [3.63, 3.8) is 0 Å². The van der Waals surface area contributed by atoms with E-state index in [2.05, 4.69) is 10.1 Å². The largest absolute Gasteiger partial charge is 0.483 e. The summed E-state index contributed by atoms with van der Waals surface area (Å²) in [6.07, 6.45) is 0.455. The Labute approximate surface area is 135 Å². The molecule has 1 aromatic carbocycles. The molecule has 126 valence electrons. The molecule has 23 heavy (non-hydrogen) atoms. The summed E-state index contributed by atoms with van der Waals surface area (Å²) in [5.74, 6) is -1.22. The number of primary amides is 1. The van der Waals surface area contributed by atoms with Gasteiger partial charge in [0.05, 0.1) is 12.7 Å². The van der Waals surface area contributed by atoms with Crippen LogP contribution in [0.1, 0.15) is 30.6 Å². The molecule has 0 fully saturated rings. The van der Waals surface area contributed by atoms with Crippen molar-refractivity contribution in [2.45, 2.75) is 26.3 Å². The van der Waals surface area contributed by atoms with Gasteiger partial charge in [0, 0.05) is 0 Å². The van der Waals surface area contributed by atoms with E-state index in [0.717, 1.165) is 0 Å². The van der Waals surface area contributed by atoms with Gasteiger partial charge in [-0.05, 0) is 24.5 Å². The van der Waals surface area contributed by atoms with Crippen molar-refractivity contribution in [1.82, 2.24) is 5.32 Å². The molecule has 0 bridgehead atoms. The number of methoxy groups -OCH3 is 1. The standard InChI is InChI=1S/C16H22N2O5/c1-10(2)8-12(16(21)22-3)18-14(19)9-23-13-7-5-4-6-11(13)15(17)20/h4-7,10,12H,8-9H2,1-3H3,(H2,17,20)(H,18,19)/t12-/m0/s1. The first-order valence-electron chi connectivity index (χ1n) is 7.24. The quantitative estimate of drug-likeness (QED) is 0.690. The Hall–Kier alpha value is -2.57. The van der Waals surface area contributed by atoms with Gasteiger partial charge in [0.1, 0.15) is 11.8 Å². The van der Waals surface area contributed by atoms with Gasteiger partial charge in [-0.3, -0.25) is 9.59 Å². The van der Waals surface area contributed by atoms with Crippen LogP contribution in [0, 0.1) is 5.92 Å². The second-order valence-corrected chi connectivity index (χ2v) is 5.42. The van der Waals surface area contributed by atoms with E-state index in [1.165, 1.54) is 13.2 Å². The Morgan fingerprint density at radius 3 is 2.43 bits per heavy atom. The first kappa shape index (κ1) is 18.5. The maximum Gasteiger partial charge on any atom is 0.328 e. The van der Waals surface area contributed by atoms with E-state index >= 15 is 0 Å². The Bertz CT molecular complexity index is 571. The molecule has 1 rings (SSSR count). The summed E-state index contributed by atoms with van der Waals surface area (Å²) in [5.41, 5.74) is 5.42. The van der Waals surface area contributed by atoms with E-state index in [1.807, 2.05) is 13.8 Å². The third-order valence-corrected chi connectivity index (χ3v) is 3.04. The van der Waals surface area contributed by atoms with Crippen LogP contribution in [0.5, 0.6) is 5.75 Å². The molecule has 0 unspecified atom stereocenters. The van der Waals surface area contributed by atoms with E-state index in [4.69, 9.17) is 10.5 Å². The highest BCUT2D eigenvalue weighted by molar-refractivity contribution is 5.95. The highest BCUT2D eigenvalue weighted by atomic mass is 16.5. The number of hydrogen-bond donors (Lipinski definition) is 2. The summed E-state index contributed by atoms with van der Waals surface area (Å²) in [4.78, 5) is 34.9. The van der Waals surface area contributed by atoms with Gasteiger partial charge in [-0.1, -0.05) is 26.0 Å². The lowest BCUT2D eigenvalue weighted by Crippen LogP contribution is -2.44. The fourth-order valence-electron chi connectivity index (χ4n) is 2.00. The van der Waals surface area contributed by atoms with Crippen molar-refractivity contribution in [2.75, 3.05) is 13.7 Å². The third kappa shape index (κ3) is 5.98. The molecule has 0 aliphatic rings. The van der Waals surface area contributed by atoms with Gasteiger partial charge in [-0.15, -0.1) is 0 Å². The molecule has 0 saturated heterocycles. The lowest BCUT2D eigenvalue weighted by molar-refractivity contribution is -0.145. The maximum atomic E-state index is 11.9. The molecule has 0 heterocycles. The highest BCUT2D eigenvalue weighted by Crippen LogP contribution is 2.17. The molecule has 0 aliphatic heterocycles. The SMILES string of the molecule is COC(=O)[C@H](CC(C)C)NC(=O)COc1ccccc1C(N)=O. The van der Waals surface area contributed by atoms with Crippen molar-refractivity contribution in [3.8, 4) is 5.75 Å². The summed E-state index contributed by atoms with van der Waals surface area (Å²) in [5, 5.41) is 2.56. The van der Waals surface area contributed by atoms with E-state index in [0.29, 0.717) is 6.42 Å². The van der Waals surface area contributed by atoms with Crippen LogP contribution in [0.15, 0.2) is 24.3 Å². The number of nitrogens with one attached hydrogen (secondary N) is 1. The van der Waals surface area contributed by atoms with Gasteiger partial charge < -0.3 is 20.5 Å². The molecule has 0 saturated carbocycles. The van der Waals surface area contributed by atoms with E-state index < -0.39 is 23.8 Å². The first-order chi connectivity index (χ1) is 10.8. The minimum atomic E-state index is -0.734. The number of amides is 2. The number of benzene rings is 1. The van der Waals surface area contributed by atoms with Gasteiger partial charge >= 0.3 is 5.97 Å². The predicted octanol–water partition coefficient (Wildman–Crippen LogP) is 0.868. The fraction of sp³-hybridized carbons (Fsp3) is 0.438. The molecule has 0 aliphatic carbocycles. The molecule has 1 aromatic rings. The van der Waals surface area contributed by atoms with Crippen LogP contribution >= 0.6 is 0 Å². The van der Waals surface area contributed by atoms with E-state index in [-0.39, 0.29) is 23.8 Å². The number of ether oxygens (including phenoxy) is 2. The minimum Gasteiger partial charge on any atom is -0.483 e. The fourth-order valence-corrected chi connectivity index (χ4v) is 2.00. The summed E-state index contributed by atoms with van der Waals surface area (Å²) < 4.78 is 9.99. The Morgan fingerprint density at radius 2 is 1.87 bits per heavy atom. The average Bonchev–Trinajstić information content (AvgIpc) is 2.51. The minimum absolute atomic E-state index is 0.187. The van der Waals surface area contributed by atoms with E-state index in [9.17, 15) is 14.4 Å². The molecule has 7 nitrogen and oxygen atoms in total. The van der Waals surface area contributed by atoms with Crippen molar-refractivity contribution >= 4 is 17.8 Å². The van der Waals surface area contributed by atoms with Crippen molar-refractivity contribution in [3.05, 3.63) is 29.8 Å². The maximum absolute atomic E-state index is 11.9. The molecule has 1 atom stereocenters. The summed E-state index contributed by atoms with van der Waals surface area (Å²) in [6.45, 7) is 3.53.